The fourth-order valence-corrected chi connectivity index (χ4v) is 3.59. The van der Waals surface area contributed by atoms with Crippen molar-refractivity contribution >= 4 is 22.7 Å². The van der Waals surface area contributed by atoms with Gasteiger partial charge in [0.2, 0.25) is 5.91 Å². The first-order chi connectivity index (χ1) is 12.5. The lowest BCUT2D eigenvalue weighted by Crippen LogP contribution is -2.51. The highest BCUT2D eigenvalue weighted by atomic mass is 16.2. The molecule has 2 fully saturated rings. The predicted octanol–water partition coefficient (Wildman–Crippen LogP) is 1.82. The molecule has 1 saturated heterocycles. The van der Waals surface area contributed by atoms with E-state index in [0.717, 1.165) is 48.1 Å². The third kappa shape index (κ3) is 3.46. The summed E-state index contributed by atoms with van der Waals surface area (Å²) in [5, 5.41) is 4.14. The summed E-state index contributed by atoms with van der Waals surface area (Å²) in [6.07, 6.45) is 2.22. The van der Waals surface area contributed by atoms with Crippen molar-refractivity contribution in [2.24, 2.45) is 0 Å². The Morgan fingerprint density at radius 1 is 1.15 bits per heavy atom. The van der Waals surface area contributed by atoms with Crippen LogP contribution >= 0.6 is 0 Å². The molecule has 1 aliphatic carbocycles. The van der Waals surface area contributed by atoms with E-state index in [-0.39, 0.29) is 11.8 Å². The van der Waals surface area contributed by atoms with Crippen LogP contribution in [0.3, 0.4) is 0 Å². The van der Waals surface area contributed by atoms with Crippen LogP contribution in [0.4, 0.5) is 0 Å². The Morgan fingerprint density at radius 3 is 2.58 bits per heavy atom. The Kier molecular flexibility index (Phi) is 4.44. The van der Waals surface area contributed by atoms with Gasteiger partial charge >= 0.3 is 0 Å². The Balaban J connectivity index is 1.37. The summed E-state index contributed by atoms with van der Waals surface area (Å²) in [5.41, 5.74) is 4.14. The SMILES string of the molecule is Cc1[nH]c2ccc(C(=O)N3CCN(CC(=O)NC4CC4)CC3)cc2c1C. The quantitative estimate of drug-likeness (QED) is 0.880. The minimum Gasteiger partial charge on any atom is -0.358 e. The van der Waals surface area contributed by atoms with Crippen LogP contribution in [-0.2, 0) is 4.79 Å². The van der Waals surface area contributed by atoms with E-state index >= 15 is 0 Å². The summed E-state index contributed by atoms with van der Waals surface area (Å²) in [6.45, 7) is 7.38. The third-order valence-corrected chi connectivity index (χ3v) is 5.52. The Labute approximate surface area is 153 Å². The zero-order chi connectivity index (χ0) is 18.3. The van der Waals surface area contributed by atoms with Gasteiger partial charge in [0.05, 0.1) is 6.54 Å². The molecule has 26 heavy (non-hydrogen) atoms. The van der Waals surface area contributed by atoms with Crippen molar-refractivity contribution in [1.82, 2.24) is 20.1 Å². The summed E-state index contributed by atoms with van der Waals surface area (Å²) in [4.78, 5) is 32.2. The largest absolute Gasteiger partial charge is 0.358 e. The van der Waals surface area contributed by atoms with Crippen molar-refractivity contribution < 1.29 is 9.59 Å². The van der Waals surface area contributed by atoms with E-state index in [4.69, 9.17) is 0 Å². The molecule has 0 unspecified atom stereocenters. The van der Waals surface area contributed by atoms with E-state index < -0.39 is 0 Å². The van der Waals surface area contributed by atoms with Crippen LogP contribution in [0.1, 0.15) is 34.5 Å². The number of fused-ring (bicyclic) bond motifs is 1. The van der Waals surface area contributed by atoms with Crippen LogP contribution in [0.2, 0.25) is 0 Å². The zero-order valence-electron chi connectivity index (χ0n) is 15.5. The molecule has 1 aromatic heterocycles. The number of benzene rings is 1. The fraction of sp³-hybridized carbons (Fsp3) is 0.500. The molecule has 6 heteroatoms. The highest BCUT2D eigenvalue weighted by molar-refractivity contribution is 5.99. The highest BCUT2D eigenvalue weighted by Crippen LogP contribution is 2.23. The van der Waals surface area contributed by atoms with Gasteiger partial charge in [-0.15, -0.1) is 0 Å². The number of H-pyrrole nitrogens is 1. The second kappa shape index (κ2) is 6.76. The van der Waals surface area contributed by atoms with Crippen molar-refractivity contribution in [2.45, 2.75) is 32.7 Å². The summed E-state index contributed by atoms with van der Waals surface area (Å²) >= 11 is 0. The van der Waals surface area contributed by atoms with Gasteiger partial charge in [0, 0.05) is 54.4 Å². The molecule has 2 aromatic rings. The molecule has 6 nitrogen and oxygen atoms in total. The number of nitrogens with zero attached hydrogens (tertiary/aromatic N) is 2. The lowest BCUT2D eigenvalue weighted by Gasteiger charge is -2.34. The first kappa shape index (κ1) is 17.1. The van der Waals surface area contributed by atoms with E-state index in [2.05, 4.69) is 29.0 Å². The number of aromatic amines is 1. The van der Waals surface area contributed by atoms with Gasteiger partial charge in [-0.25, -0.2) is 0 Å². The number of carbonyl (C=O) groups is 2. The first-order valence-electron chi connectivity index (χ1n) is 9.41. The van der Waals surface area contributed by atoms with Gasteiger partial charge in [0.25, 0.3) is 5.91 Å². The van der Waals surface area contributed by atoms with E-state index in [0.29, 0.717) is 25.7 Å². The van der Waals surface area contributed by atoms with Crippen molar-refractivity contribution in [1.29, 1.82) is 0 Å². The van der Waals surface area contributed by atoms with Crippen molar-refractivity contribution in [3.8, 4) is 0 Å². The fourth-order valence-electron chi connectivity index (χ4n) is 3.59. The number of hydrogen-bond acceptors (Lipinski definition) is 3. The normalized spacial score (nSPS) is 18.3. The van der Waals surface area contributed by atoms with Gasteiger partial charge in [-0.05, 0) is 50.5 Å². The average molecular weight is 354 g/mol. The number of nitrogens with one attached hydrogen (secondary N) is 2. The van der Waals surface area contributed by atoms with Crippen molar-refractivity contribution in [3.63, 3.8) is 0 Å². The monoisotopic (exact) mass is 354 g/mol. The molecule has 1 aromatic carbocycles. The molecule has 4 rings (SSSR count). The van der Waals surface area contributed by atoms with Gasteiger partial charge < -0.3 is 15.2 Å². The van der Waals surface area contributed by atoms with Crippen LogP contribution in [-0.4, -0.2) is 65.4 Å². The van der Waals surface area contributed by atoms with Crippen LogP contribution in [0.15, 0.2) is 18.2 Å². The van der Waals surface area contributed by atoms with E-state index in [1.165, 1.54) is 5.56 Å². The second-order valence-electron chi connectivity index (χ2n) is 7.55. The molecule has 0 bridgehead atoms. The molecule has 2 aliphatic rings. The molecule has 138 valence electrons. The first-order valence-corrected chi connectivity index (χ1v) is 9.41. The van der Waals surface area contributed by atoms with Crippen LogP contribution in [0, 0.1) is 13.8 Å². The van der Waals surface area contributed by atoms with Gasteiger partial charge in [-0.1, -0.05) is 0 Å². The summed E-state index contributed by atoms with van der Waals surface area (Å²) in [7, 11) is 0. The molecular formula is C20H26N4O2. The number of piperazine rings is 1. The average Bonchev–Trinajstić information content (AvgIpc) is 3.40. The molecule has 0 radical (unpaired) electrons. The standard InChI is InChI=1S/C20H26N4O2/c1-13-14(2)21-18-6-3-15(11-17(13)18)20(26)24-9-7-23(8-10-24)12-19(25)22-16-4-5-16/h3,6,11,16,21H,4-5,7-10,12H2,1-2H3,(H,22,25). The van der Waals surface area contributed by atoms with Gasteiger partial charge in [-0.2, -0.15) is 0 Å². The third-order valence-electron chi connectivity index (χ3n) is 5.52. The molecule has 0 atom stereocenters. The lowest BCUT2D eigenvalue weighted by atomic mass is 10.1. The van der Waals surface area contributed by atoms with Crippen LogP contribution < -0.4 is 5.32 Å². The molecule has 1 aliphatic heterocycles. The number of carbonyl (C=O) groups excluding carboxylic acids is 2. The van der Waals surface area contributed by atoms with Gasteiger partial charge in [0.1, 0.15) is 0 Å². The molecular weight excluding hydrogens is 328 g/mol. The molecule has 2 amide bonds. The summed E-state index contributed by atoms with van der Waals surface area (Å²) in [5.74, 6) is 0.184. The minimum atomic E-state index is 0.0761. The van der Waals surface area contributed by atoms with E-state index in [1.807, 2.05) is 23.1 Å². The second-order valence-corrected chi connectivity index (χ2v) is 7.55. The van der Waals surface area contributed by atoms with E-state index in [1.54, 1.807) is 0 Å². The Morgan fingerprint density at radius 2 is 1.88 bits per heavy atom. The molecule has 2 N–H and O–H groups in total. The number of aromatic nitrogens is 1. The number of hydrogen-bond donors (Lipinski definition) is 2. The zero-order valence-corrected chi connectivity index (χ0v) is 15.5. The Bertz CT molecular complexity index is 845. The van der Waals surface area contributed by atoms with Gasteiger partial charge in [0.15, 0.2) is 0 Å². The van der Waals surface area contributed by atoms with Gasteiger partial charge in [-0.3, -0.25) is 14.5 Å². The molecule has 2 heterocycles. The maximum atomic E-state index is 12.9. The smallest absolute Gasteiger partial charge is 0.253 e. The van der Waals surface area contributed by atoms with Crippen LogP contribution in [0.5, 0.6) is 0 Å². The van der Waals surface area contributed by atoms with Crippen LogP contribution in [0.25, 0.3) is 10.9 Å². The Hall–Kier alpha value is -2.34. The summed E-state index contributed by atoms with van der Waals surface area (Å²) < 4.78 is 0. The number of aryl methyl sites for hydroxylation is 2. The minimum absolute atomic E-state index is 0.0761. The maximum absolute atomic E-state index is 12.9. The van der Waals surface area contributed by atoms with E-state index in [9.17, 15) is 9.59 Å². The topological polar surface area (TPSA) is 68.4 Å². The highest BCUT2D eigenvalue weighted by Gasteiger charge is 2.26. The molecule has 0 spiro atoms. The van der Waals surface area contributed by atoms with Crippen molar-refractivity contribution in [2.75, 3.05) is 32.7 Å². The lowest BCUT2D eigenvalue weighted by molar-refractivity contribution is -0.122. The summed E-state index contributed by atoms with van der Waals surface area (Å²) in [6, 6.07) is 6.28. The number of amides is 2. The molecule has 1 saturated carbocycles. The van der Waals surface area contributed by atoms with Crippen molar-refractivity contribution in [3.05, 3.63) is 35.0 Å². The predicted molar refractivity (Wildman–Crippen MR) is 101 cm³/mol. The maximum Gasteiger partial charge on any atom is 0.253 e. The number of rotatable bonds is 4.